The minimum atomic E-state index is 1.50. The second-order valence-electron chi connectivity index (χ2n) is 0.904. The van der Waals surface area contributed by atoms with Crippen LogP contribution in [0.25, 0.3) is 0 Å². The zero-order valence-corrected chi connectivity index (χ0v) is 3.20. The van der Waals surface area contributed by atoms with E-state index in [-0.39, 0.29) is 0 Å². The molecule has 1 rings (SSSR count). The van der Waals surface area contributed by atoms with Gasteiger partial charge in [-0.05, 0) is 0 Å². The molecule has 26 valence electrons. The molecule has 0 fully saturated rings. The molecule has 0 N–H and O–H groups in total. The average Bonchev–Trinajstić information content (AvgIpc) is 1.72. The Balaban J connectivity index is 3.00. The summed E-state index contributed by atoms with van der Waals surface area (Å²) >= 11 is 0. The maximum atomic E-state index is 3.67. The van der Waals surface area contributed by atoms with Gasteiger partial charge >= 0.3 is 36.1 Å². The third-order valence-corrected chi connectivity index (χ3v) is 0.478. The summed E-state index contributed by atoms with van der Waals surface area (Å²) < 4.78 is 0. The molecule has 4 heteroatoms. The van der Waals surface area contributed by atoms with Gasteiger partial charge in [-0.15, -0.1) is 0 Å². The molecule has 0 aliphatic carbocycles. The molecule has 2 nitrogen and oxygen atoms in total. The molecule has 0 saturated carbocycles. The topological polar surface area (TPSA) is 25.8 Å². The molecule has 1 aromatic heterocycles. The first-order chi connectivity index (χ1) is 3.00. The van der Waals surface area contributed by atoms with Crippen molar-refractivity contribution in [1.82, 2.24) is 9.78 Å². The van der Waals surface area contributed by atoms with Gasteiger partial charge in [-0.1, -0.05) is 0 Å². The zero-order valence-electron chi connectivity index (χ0n) is 3.20. The van der Waals surface area contributed by atoms with E-state index in [1.807, 2.05) is 0 Å². The van der Waals surface area contributed by atoms with Gasteiger partial charge in [0, 0.05) is 0 Å². The summed E-state index contributed by atoms with van der Waals surface area (Å²) in [6.45, 7) is 1.78. The van der Waals surface area contributed by atoms with Crippen LogP contribution in [0, 0.1) is 0 Å². The monoisotopic (exact) mass is 76.0 g/mol. The molecule has 0 unspecified atom stereocenters. The van der Waals surface area contributed by atoms with E-state index in [9.17, 15) is 0 Å². The first-order valence-electron chi connectivity index (χ1n) is 1.70. The van der Waals surface area contributed by atoms with E-state index in [4.69, 9.17) is 0 Å². The third kappa shape index (κ3) is 0.707. The summed E-state index contributed by atoms with van der Waals surface area (Å²) in [6, 6.07) is 0. The maximum absolute atomic E-state index is 3.67. The van der Waals surface area contributed by atoms with Crippen molar-refractivity contribution in [3.8, 4) is 0 Å². The standard InChI is InChI=1S/C2H2B2N2/c1-3-2-6-4-5-1/h1-2H. The van der Waals surface area contributed by atoms with Gasteiger partial charge in [0.15, 0.2) is 0 Å². The molecule has 1 aromatic rings. The van der Waals surface area contributed by atoms with Gasteiger partial charge in [0.2, 0.25) is 0 Å². The van der Waals surface area contributed by atoms with Crippen LogP contribution in [0.5, 0.6) is 0 Å². The summed E-state index contributed by atoms with van der Waals surface area (Å²) in [5, 5.41) is 0. The van der Waals surface area contributed by atoms with Crippen LogP contribution in [0.3, 0.4) is 0 Å². The first-order valence-corrected chi connectivity index (χ1v) is 1.70. The van der Waals surface area contributed by atoms with Gasteiger partial charge < -0.3 is 0 Å². The number of aromatic nitrogens is 2. The van der Waals surface area contributed by atoms with Crippen molar-refractivity contribution in [2.45, 2.75) is 0 Å². The molecule has 0 atom stereocenters. The van der Waals surface area contributed by atoms with Gasteiger partial charge in [-0.25, -0.2) is 0 Å². The van der Waals surface area contributed by atoms with Gasteiger partial charge in [0.1, 0.15) is 0 Å². The average molecular weight is 75.7 g/mol. The molecule has 0 aliphatic rings. The Hall–Kier alpha value is -0.530. The summed E-state index contributed by atoms with van der Waals surface area (Å²) in [5.41, 5.74) is 0. The SMILES string of the molecule is b1cnbnc1. The van der Waals surface area contributed by atoms with Crippen molar-refractivity contribution < 1.29 is 0 Å². The van der Waals surface area contributed by atoms with Crippen molar-refractivity contribution in [3.05, 3.63) is 12.2 Å². The van der Waals surface area contributed by atoms with Gasteiger partial charge in [-0.2, -0.15) is 0 Å². The van der Waals surface area contributed by atoms with Crippen LogP contribution >= 0.6 is 0 Å². The Morgan fingerprint density at radius 1 is 1.17 bits per heavy atom. The van der Waals surface area contributed by atoms with Crippen LogP contribution in [-0.4, -0.2) is 23.9 Å². The molecular weight excluding hydrogens is 73.7 g/mol. The van der Waals surface area contributed by atoms with Crippen LogP contribution in [0.1, 0.15) is 0 Å². The molecule has 0 aliphatic heterocycles. The fraction of sp³-hybridized carbons (Fsp3) is 0. The number of hydrogen-bond acceptors (Lipinski definition) is 2. The quantitative estimate of drug-likeness (QED) is 0.402. The first kappa shape index (κ1) is 3.65. The second-order valence-corrected chi connectivity index (χ2v) is 0.904. The van der Waals surface area contributed by atoms with Crippen molar-refractivity contribution >= 4 is 14.1 Å². The van der Waals surface area contributed by atoms with E-state index in [0.29, 0.717) is 0 Å². The summed E-state index contributed by atoms with van der Waals surface area (Å²) in [6.07, 6.45) is 3.38. The van der Waals surface area contributed by atoms with Crippen molar-refractivity contribution in [1.29, 1.82) is 0 Å². The zero-order chi connectivity index (χ0) is 4.24. The molecule has 1 heterocycles. The van der Waals surface area contributed by atoms with E-state index in [0.717, 1.165) is 0 Å². The van der Waals surface area contributed by atoms with Crippen LogP contribution in [-0.2, 0) is 0 Å². The number of hydrogen-bond donors (Lipinski definition) is 0. The fourth-order valence-electron chi connectivity index (χ4n) is 0.253. The van der Waals surface area contributed by atoms with E-state index in [1.54, 1.807) is 19.1 Å². The van der Waals surface area contributed by atoms with E-state index >= 15 is 0 Å². The molecule has 0 saturated heterocycles. The Bertz CT molecular complexity index is 81.5. The molecule has 6 heavy (non-hydrogen) atoms. The predicted octanol–water partition coefficient (Wildman–Crippen LogP) is -0.847. The third-order valence-electron chi connectivity index (χ3n) is 0.478. The fourth-order valence-corrected chi connectivity index (χ4v) is 0.253. The van der Waals surface area contributed by atoms with Crippen LogP contribution in [0.15, 0.2) is 12.2 Å². The molecule has 0 bridgehead atoms. The second kappa shape index (κ2) is 1.80. The minimum absolute atomic E-state index is 1.50. The Morgan fingerprint density at radius 3 is 2.00 bits per heavy atom. The van der Waals surface area contributed by atoms with E-state index in [1.165, 1.54) is 7.19 Å². The predicted molar refractivity (Wildman–Crippen MR) is 24.7 cm³/mol. The summed E-state index contributed by atoms with van der Waals surface area (Å²) in [7, 11) is 1.50. The van der Waals surface area contributed by atoms with Gasteiger partial charge in [0.25, 0.3) is 0 Å². The van der Waals surface area contributed by atoms with Crippen molar-refractivity contribution in [2.24, 2.45) is 0 Å². The van der Waals surface area contributed by atoms with Crippen molar-refractivity contribution in [3.63, 3.8) is 0 Å². The van der Waals surface area contributed by atoms with Gasteiger partial charge in [0.05, 0.1) is 0 Å². The van der Waals surface area contributed by atoms with E-state index in [2.05, 4.69) is 9.78 Å². The van der Waals surface area contributed by atoms with Crippen molar-refractivity contribution in [2.75, 3.05) is 0 Å². The van der Waals surface area contributed by atoms with Gasteiger partial charge in [-0.3, -0.25) is 0 Å². The Morgan fingerprint density at radius 2 is 1.83 bits per heavy atom. The Labute approximate surface area is 37.1 Å². The Kier molecular flexibility index (Phi) is 1.10. The molecule has 0 radical (unpaired) electrons. The molecular formula is C2H2B2N2. The normalized spacial score (nSPS) is 6.67. The molecule has 0 aromatic carbocycles. The van der Waals surface area contributed by atoms with Crippen LogP contribution in [0.2, 0.25) is 0 Å². The molecule has 0 spiro atoms. The molecule has 0 amide bonds. The van der Waals surface area contributed by atoms with Crippen LogP contribution < -0.4 is 0 Å². The summed E-state index contributed by atoms with van der Waals surface area (Å²) in [4.78, 5) is 7.35. The summed E-state index contributed by atoms with van der Waals surface area (Å²) in [5.74, 6) is 0. The van der Waals surface area contributed by atoms with Crippen LogP contribution in [0.4, 0.5) is 0 Å². The number of rotatable bonds is 0. The number of nitrogens with zero attached hydrogens (tertiary/aromatic N) is 2. The van der Waals surface area contributed by atoms with E-state index < -0.39 is 0 Å².